The van der Waals surface area contributed by atoms with Crippen LogP contribution in [0.5, 0.6) is 0 Å². The van der Waals surface area contributed by atoms with Gasteiger partial charge in [0.2, 0.25) is 0 Å². The number of thioether (sulfide) groups is 1. The summed E-state index contributed by atoms with van der Waals surface area (Å²) in [5.74, 6) is -1.42. The molecule has 0 unspecified atom stereocenters. The highest BCUT2D eigenvalue weighted by Gasteiger charge is 2.07. The van der Waals surface area contributed by atoms with Crippen molar-refractivity contribution >= 4 is 35.0 Å². The molecular formula is C8H11NO5S. The Morgan fingerprint density at radius 1 is 1.40 bits per heavy atom. The zero-order valence-corrected chi connectivity index (χ0v) is 8.96. The number of rotatable bonds is 5. The summed E-state index contributed by atoms with van der Waals surface area (Å²) in [6.45, 7) is 1.32. The molecule has 0 aromatic heterocycles. The summed E-state index contributed by atoms with van der Waals surface area (Å²) in [5, 5.41) is -0.209. The Hall–Kier alpha value is -1.37. The smallest absolute Gasteiger partial charge is 0.340 e. The minimum Gasteiger partial charge on any atom is -0.340 e. The maximum absolute atomic E-state index is 10.8. The zero-order chi connectivity index (χ0) is 11.7. The molecular weight excluding hydrogens is 222 g/mol. The van der Waals surface area contributed by atoms with Crippen molar-refractivity contribution in [3.8, 4) is 0 Å². The molecule has 0 saturated carbocycles. The second-order valence-electron chi connectivity index (χ2n) is 2.48. The van der Waals surface area contributed by atoms with Gasteiger partial charge in [-0.05, 0) is 0 Å². The first kappa shape index (κ1) is 13.6. The largest absolute Gasteiger partial charge is 0.342 e. The van der Waals surface area contributed by atoms with Gasteiger partial charge in [0.1, 0.15) is 12.0 Å². The normalized spacial score (nSPS) is 9.13. The number of hydroxylamine groups is 1. The maximum Gasteiger partial charge on any atom is 0.342 e. The van der Waals surface area contributed by atoms with E-state index < -0.39 is 11.9 Å². The Morgan fingerprint density at radius 3 is 2.60 bits per heavy atom. The van der Waals surface area contributed by atoms with Gasteiger partial charge in [0, 0.05) is 19.8 Å². The zero-order valence-electron chi connectivity index (χ0n) is 8.15. The van der Waals surface area contributed by atoms with Crippen molar-refractivity contribution in [1.29, 1.82) is 0 Å². The summed E-state index contributed by atoms with van der Waals surface area (Å²) in [5.41, 5.74) is 1.87. The van der Waals surface area contributed by atoms with E-state index in [2.05, 4.69) is 4.84 Å². The fraction of sp³-hybridized carbons (Fsp3) is 0.500. The average molecular weight is 233 g/mol. The third-order valence-electron chi connectivity index (χ3n) is 1.16. The van der Waals surface area contributed by atoms with E-state index in [0.29, 0.717) is 6.29 Å². The number of hydrogen-bond donors (Lipinski definition) is 1. The monoisotopic (exact) mass is 233 g/mol. The second-order valence-corrected chi connectivity index (χ2v) is 3.64. The molecule has 6 nitrogen and oxygen atoms in total. The standard InChI is InChI=1S/C8H11NO5S/c1-6(11)15-5-8(13)14-9-7(12)3-2-4-10/h4H,2-3,5H2,1H3,(H,9,12). The highest BCUT2D eigenvalue weighted by molar-refractivity contribution is 8.14. The van der Waals surface area contributed by atoms with Gasteiger partial charge in [0.05, 0.1) is 0 Å². The summed E-state index contributed by atoms with van der Waals surface area (Å²) in [6, 6.07) is 0. The van der Waals surface area contributed by atoms with E-state index in [1.54, 1.807) is 0 Å². The van der Waals surface area contributed by atoms with E-state index in [9.17, 15) is 19.2 Å². The Morgan fingerprint density at radius 2 is 2.07 bits per heavy atom. The number of amides is 1. The minimum absolute atomic E-state index is 0.0311. The van der Waals surface area contributed by atoms with Crippen LogP contribution in [0.25, 0.3) is 0 Å². The molecule has 0 saturated heterocycles. The summed E-state index contributed by atoms with van der Waals surface area (Å²) < 4.78 is 0. The van der Waals surface area contributed by atoms with E-state index in [0.717, 1.165) is 11.8 Å². The number of hydrogen-bond acceptors (Lipinski definition) is 6. The average Bonchev–Trinajstić information content (AvgIpc) is 2.20. The highest BCUT2D eigenvalue weighted by atomic mass is 32.2. The van der Waals surface area contributed by atoms with Crippen molar-refractivity contribution in [1.82, 2.24) is 5.48 Å². The van der Waals surface area contributed by atoms with Gasteiger partial charge in [-0.2, -0.15) is 5.48 Å². The summed E-state index contributed by atoms with van der Waals surface area (Å²) >= 11 is 0.788. The topological polar surface area (TPSA) is 89.5 Å². The molecule has 0 spiro atoms. The van der Waals surface area contributed by atoms with Crippen molar-refractivity contribution in [2.75, 3.05) is 5.75 Å². The fourth-order valence-electron chi connectivity index (χ4n) is 0.545. The molecule has 0 aromatic rings. The third-order valence-corrected chi connectivity index (χ3v) is 1.95. The molecule has 0 bridgehead atoms. The van der Waals surface area contributed by atoms with Gasteiger partial charge in [-0.1, -0.05) is 11.8 Å². The summed E-state index contributed by atoms with van der Waals surface area (Å²) in [4.78, 5) is 46.3. The molecule has 0 aliphatic heterocycles. The van der Waals surface area contributed by atoms with Crippen molar-refractivity contribution in [3.63, 3.8) is 0 Å². The van der Waals surface area contributed by atoms with Gasteiger partial charge in [-0.15, -0.1) is 0 Å². The Labute approximate surface area is 90.7 Å². The van der Waals surface area contributed by atoms with Crippen LogP contribution in [-0.2, 0) is 24.0 Å². The fourth-order valence-corrected chi connectivity index (χ4v) is 0.925. The molecule has 15 heavy (non-hydrogen) atoms. The maximum atomic E-state index is 10.8. The van der Waals surface area contributed by atoms with Gasteiger partial charge in [0.25, 0.3) is 5.91 Å². The molecule has 0 aliphatic rings. The number of nitrogens with one attached hydrogen (secondary N) is 1. The molecule has 0 rings (SSSR count). The lowest BCUT2D eigenvalue weighted by molar-refractivity contribution is -0.155. The predicted molar refractivity (Wildman–Crippen MR) is 52.7 cm³/mol. The molecule has 0 heterocycles. The predicted octanol–water partition coefficient (Wildman–Crippen LogP) is -0.180. The van der Waals surface area contributed by atoms with Crippen LogP contribution in [0.4, 0.5) is 0 Å². The van der Waals surface area contributed by atoms with Gasteiger partial charge >= 0.3 is 5.97 Å². The van der Waals surface area contributed by atoms with Crippen LogP contribution in [0.3, 0.4) is 0 Å². The minimum atomic E-state index is -0.713. The van der Waals surface area contributed by atoms with Gasteiger partial charge in [0.15, 0.2) is 5.12 Å². The van der Waals surface area contributed by atoms with Crippen LogP contribution in [0, 0.1) is 0 Å². The molecule has 7 heteroatoms. The quantitative estimate of drug-likeness (QED) is 0.523. The molecule has 0 radical (unpaired) electrons. The lowest BCUT2D eigenvalue weighted by atomic mass is 10.3. The number of carbonyl (C=O) groups is 4. The molecule has 0 aliphatic carbocycles. The molecule has 1 amide bonds. The van der Waals surface area contributed by atoms with E-state index in [-0.39, 0.29) is 23.7 Å². The van der Waals surface area contributed by atoms with Crippen molar-refractivity contribution in [2.24, 2.45) is 0 Å². The highest BCUT2D eigenvalue weighted by Crippen LogP contribution is 2.00. The molecule has 84 valence electrons. The van der Waals surface area contributed by atoms with E-state index in [1.807, 2.05) is 5.48 Å². The molecule has 0 fully saturated rings. The Kier molecular flexibility index (Phi) is 7.25. The van der Waals surface area contributed by atoms with Crippen molar-refractivity contribution < 1.29 is 24.0 Å². The van der Waals surface area contributed by atoms with E-state index in [1.165, 1.54) is 6.92 Å². The third kappa shape index (κ3) is 8.95. The lowest BCUT2D eigenvalue weighted by Gasteiger charge is -2.03. The van der Waals surface area contributed by atoms with Gasteiger partial charge < -0.3 is 9.63 Å². The Bertz CT molecular complexity index is 266. The molecule has 0 aromatic carbocycles. The van der Waals surface area contributed by atoms with Crippen LogP contribution in [0.1, 0.15) is 19.8 Å². The van der Waals surface area contributed by atoms with Crippen molar-refractivity contribution in [3.05, 3.63) is 0 Å². The van der Waals surface area contributed by atoms with Crippen LogP contribution in [-0.4, -0.2) is 29.0 Å². The first-order valence-electron chi connectivity index (χ1n) is 4.11. The van der Waals surface area contributed by atoms with E-state index >= 15 is 0 Å². The first-order chi connectivity index (χ1) is 7.06. The van der Waals surface area contributed by atoms with Crippen LogP contribution >= 0.6 is 11.8 Å². The van der Waals surface area contributed by atoms with Gasteiger partial charge in [-0.25, -0.2) is 4.79 Å². The second kappa shape index (κ2) is 7.98. The number of aldehydes is 1. The summed E-state index contributed by atoms with van der Waals surface area (Å²) in [6.07, 6.45) is 0.634. The first-order valence-corrected chi connectivity index (χ1v) is 5.10. The molecule has 1 N–H and O–H groups in total. The van der Waals surface area contributed by atoms with Crippen LogP contribution in [0.2, 0.25) is 0 Å². The Balaban J connectivity index is 3.57. The lowest BCUT2D eigenvalue weighted by Crippen LogP contribution is -2.27. The molecule has 0 atom stereocenters. The van der Waals surface area contributed by atoms with Crippen LogP contribution < -0.4 is 5.48 Å². The van der Waals surface area contributed by atoms with Crippen molar-refractivity contribution in [2.45, 2.75) is 19.8 Å². The van der Waals surface area contributed by atoms with E-state index in [4.69, 9.17) is 0 Å². The number of carbonyl (C=O) groups excluding carboxylic acids is 4. The summed E-state index contributed by atoms with van der Waals surface area (Å²) in [7, 11) is 0. The SMILES string of the molecule is CC(=O)SCC(=O)ONC(=O)CCC=O. The van der Waals surface area contributed by atoms with Gasteiger partial charge in [-0.3, -0.25) is 9.59 Å². The van der Waals surface area contributed by atoms with Crippen LogP contribution in [0.15, 0.2) is 0 Å².